The molecule has 24 heavy (non-hydrogen) atoms. The van der Waals surface area contributed by atoms with Crippen LogP contribution in [0.25, 0.3) is 0 Å². The third kappa shape index (κ3) is 6.80. The lowest BCUT2D eigenvalue weighted by Crippen LogP contribution is -2.50. The van der Waals surface area contributed by atoms with Gasteiger partial charge in [-0.3, -0.25) is 14.5 Å². The van der Waals surface area contributed by atoms with Crippen molar-refractivity contribution in [2.45, 2.75) is 77.2 Å². The third-order valence-electron chi connectivity index (χ3n) is 5.35. The third-order valence-corrected chi connectivity index (χ3v) is 5.35. The first-order chi connectivity index (χ1) is 11.7. The molecule has 0 spiro atoms. The minimum absolute atomic E-state index is 0.0268. The van der Waals surface area contributed by atoms with E-state index in [9.17, 15) is 9.59 Å². The van der Waals surface area contributed by atoms with Gasteiger partial charge >= 0.3 is 0 Å². The summed E-state index contributed by atoms with van der Waals surface area (Å²) in [7, 11) is 0. The van der Waals surface area contributed by atoms with Crippen LogP contribution in [0.4, 0.5) is 0 Å². The highest BCUT2D eigenvalue weighted by Gasteiger charge is 2.27. The zero-order valence-corrected chi connectivity index (χ0v) is 15.4. The SMILES string of the molecule is CC(=O)NCCCCCC(=O)N1CCCC(N2CCCCCC2)C1. The van der Waals surface area contributed by atoms with Crippen LogP contribution in [0.3, 0.4) is 0 Å². The van der Waals surface area contributed by atoms with E-state index in [2.05, 4.69) is 15.1 Å². The van der Waals surface area contributed by atoms with Crippen LogP contribution in [0.2, 0.25) is 0 Å². The second-order valence-corrected chi connectivity index (χ2v) is 7.38. The molecule has 138 valence electrons. The Bertz CT molecular complexity index is 392. The van der Waals surface area contributed by atoms with E-state index in [-0.39, 0.29) is 5.91 Å². The highest BCUT2D eigenvalue weighted by atomic mass is 16.2. The Kier molecular flexibility index (Phi) is 8.57. The fourth-order valence-electron chi connectivity index (χ4n) is 3.94. The number of likely N-dealkylation sites (tertiary alicyclic amines) is 2. The number of carbonyl (C=O) groups excluding carboxylic acids is 2. The summed E-state index contributed by atoms with van der Waals surface area (Å²) in [5.41, 5.74) is 0. The van der Waals surface area contributed by atoms with Crippen molar-refractivity contribution in [3.8, 4) is 0 Å². The minimum atomic E-state index is 0.0268. The summed E-state index contributed by atoms with van der Waals surface area (Å²) in [6.07, 6.45) is 11.3. The van der Waals surface area contributed by atoms with Crippen molar-refractivity contribution in [3.63, 3.8) is 0 Å². The Morgan fingerprint density at radius 3 is 2.42 bits per heavy atom. The van der Waals surface area contributed by atoms with Crippen LogP contribution in [-0.4, -0.2) is 60.4 Å². The fourth-order valence-corrected chi connectivity index (χ4v) is 3.94. The molecule has 2 heterocycles. The summed E-state index contributed by atoms with van der Waals surface area (Å²) in [5.74, 6) is 0.355. The van der Waals surface area contributed by atoms with Gasteiger partial charge in [0.05, 0.1) is 0 Å². The van der Waals surface area contributed by atoms with Gasteiger partial charge in [0, 0.05) is 39.0 Å². The maximum absolute atomic E-state index is 12.5. The molecule has 2 amide bonds. The van der Waals surface area contributed by atoms with Crippen LogP contribution < -0.4 is 5.32 Å². The first-order valence-electron chi connectivity index (χ1n) is 9.93. The number of amides is 2. The molecular formula is C19H35N3O2. The molecule has 2 aliphatic heterocycles. The lowest BCUT2D eigenvalue weighted by molar-refractivity contribution is -0.133. The molecule has 5 nitrogen and oxygen atoms in total. The number of hydrogen-bond donors (Lipinski definition) is 1. The zero-order valence-electron chi connectivity index (χ0n) is 15.4. The van der Waals surface area contributed by atoms with Gasteiger partial charge in [-0.15, -0.1) is 0 Å². The van der Waals surface area contributed by atoms with Gasteiger partial charge in [-0.25, -0.2) is 0 Å². The molecular weight excluding hydrogens is 302 g/mol. The summed E-state index contributed by atoms with van der Waals surface area (Å²) >= 11 is 0. The Hall–Kier alpha value is -1.10. The maximum Gasteiger partial charge on any atom is 0.222 e. The monoisotopic (exact) mass is 337 g/mol. The second-order valence-electron chi connectivity index (χ2n) is 7.38. The van der Waals surface area contributed by atoms with Gasteiger partial charge in [0.1, 0.15) is 0 Å². The molecule has 0 aliphatic carbocycles. The summed E-state index contributed by atoms with van der Waals surface area (Å²) in [5, 5.41) is 2.80. The molecule has 0 radical (unpaired) electrons. The van der Waals surface area contributed by atoms with E-state index < -0.39 is 0 Å². The summed E-state index contributed by atoms with van der Waals surface area (Å²) in [4.78, 5) is 28.0. The molecule has 1 unspecified atom stereocenters. The standard InChI is InChI=1S/C19H35N3O2/c1-17(23)20-12-6-4-5-11-19(24)22-15-9-10-18(16-22)21-13-7-2-3-8-14-21/h18H,2-16H2,1H3,(H,20,23). The van der Waals surface area contributed by atoms with Crippen molar-refractivity contribution in [3.05, 3.63) is 0 Å². The zero-order chi connectivity index (χ0) is 17.2. The largest absolute Gasteiger partial charge is 0.356 e. The molecule has 1 N–H and O–H groups in total. The predicted molar refractivity (Wildman–Crippen MR) is 96.8 cm³/mol. The van der Waals surface area contributed by atoms with Crippen molar-refractivity contribution >= 4 is 11.8 Å². The van der Waals surface area contributed by atoms with E-state index in [1.807, 2.05) is 0 Å². The van der Waals surface area contributed by atoms with Gasteiger partial charge in [-0.1, -0.05) is 19.3 Å². The van der Waals surface area contributed by atoms with Crippen LogP contribution in [0.5, 0.6) is 0 Å². The van der Waals surface area contributed by atoms with Gasteiger partial charge < -0.3 is 10.2 Å². The minimum Gasteiger partial charge on any atom is -0.356 e. The Morgan fingerprint density at radius 1 is 0.958 bits per heavy atom. The summed E-state index contributed by atoms with van der Waals surface area (Å²) in [6.45, 7) is 6.58. The smallest absolute Gasteiger partial charge is 0.222 e. The van der Waals surface area contributed by atoms with Crippen molar-refractivity contribution in [1.29, 1.82) is 0 Å². The molecule has 5 heteroatoms. The summed E-state index contributed by atoms with van der Waals surface area (Å²) in [6, 6.07) is 0.584. The van der Waals surface area contributed by atoms with E-state index in [0.29, 0.717) is 18.4 Å². The van der Waals surface area contributed by atoms with Crippen LogP contribution in [0.15, 0.2) is 0 Å². The fraction of sp³-hybridized carbons (Fsp3) is 0.895. The van der Waals surface area contributed by atoms with Crippen molar-refractivity contribution in [2.75, 3.05) is 32.7 Å². The number of hydrogen-bond acceptors (Lipinski definition) is 3. The van der Waals surface area contributed by atoms with Crippen molar-refractivity contribution in [1.82, 2.24) is 15.1 Å². The van der Waals surface area contributed by atoms with Crippen LogP contribution in [0, 0.1) is 0 Å². The number of nitrogens with zero attached hydrogens (tertiary/aromatic N) is 2. The van der Waals surface area contributed by atoms with Gasteiger partial charge in [-0.05, 0) is 51.6 Å². The molecule has 0 saturated carbocycles. The molecule has 2 saturated heterocycles. The molecule has 0 bridgehead atoms. The number of piperidine rings is 1. The molecule has 0 aromatic carbocycles. The molecule has 0 aromatic rings. The lowest BCUT2D eigenvalue weighted by atomic mass is 10.0. The van der Waals surface area contributed by atoms with E-state index in [4.69, 9.17) is 0 Å². The van der Waals surface area contributed by atoms with Crippen LogP contribution in [0.1, 0.15) is 71.1 Å². The average Bonchev–Trinajstić information content (AvgIpc) is 2.87. The van der Waals surface area contributed by atoms with Crippen molar-refractivity contribution < 1.29 is 9.59 Å². The van der Waals surface area contributed by atoms with E-state index >= 15 is 0 Å². The van der Waals surface area contributed by atoms with E-state index in [0.717, 1.165) is 45.3 Å². The molecule has 2 rings (SSSR count). The highest BCUT2D eigenvalue weighted by Crippen LogP contribution is 2.20. The topological polar surface area (TPSA) is 52.7 Å². The quantitative estimate of drug-likeness (QED) is 0.727. The lowest BCUT2D eigenvalue weighted by Gasteiger charge is -2.39. The number of rotatable bonds is 7. The van der Waals surface area contributed by atoms with Gasteiger partial charge in [0.15, 0.2) is 0 Å². The molecule has 2 fully saturated rings. The number of carbonyl (C=O) groups is 2. The maximum atomic E-state index is 12.5. The van der Waals surface area contributed by atoms with E-state index in [1.165, 1.54) is 45.2 Å². The Labute approximate surface area is 147 Å². The molecule has 1 atom stereocenters. The second kappa shape index (κ2) is 10.7. The molecule has 2 aliphatic rings. The van der Waals surface area contributed by atoms with E-state index in [1.54, 1.807) is 6.92 Å². The van der Waals surface area contributed by atoms with Crippen LogP contribution in [-0.2, 0) is 9.59 Å². The van der Waals surface area contributed by atoms with Crippen LogP contribution >= 0.6 is 0 Å². The average molecular weight is 338 g/mol. The Morgan fingerprint density at radius 2 is 1.71 bits per heavy atom. The number of unbranched alkanes of at least 4 members (excludes halogenated alkanes) is 2. The van der Waals surface area contributed by atoms with Crippen molar-refractivity contribution in [2.24, 2.45) is 0 Å². The van der Waals surface area contributed by atoms with Gasteiger partial charge in [0.25, 0.3) is 0 Å². The van der Waals surface area contributed by atoms with Gasteiger partial charge in [-0.2, -0.15) is 0 Å². The molecule has 0 aromatic heterocycles. The normalized spacial score (nSPS) is 22.9. The predicted octanol–water partition coefficient (Wildman–Crippen LogP) is 2.55. The Balaban J connectivity index is 1.65. The number of nitrogens with one attached hydrogen (secondary N) is 1. The first-order valence-corrected chi connectivity index (χ1v) is 9.93. The van der Waals surface area contributed by atoms with Gasteiger partial charge in [0.2, 0.25) is 11.8 Å². The summed E-state index contributed by atoms with van der Waals surface area (Å²) < 4.78 is 0. The first kappa shape index (κ1) is 19.2. The highest BCUT2D eigenvalue weighted by molar-refractivity contribution is 5.76.